The highest BCUT2D eigenvalue weighted by Crippen LogP contribution is 2.35. The minimum atomic E-state index is -3.77. The number of hydrogen-bond acceptors (Lipinski definition) is 12. The molecule has 0 saturated heterocycles. The summed E-state index contributed by atoms with van der Waals surface area (Å²) in [7, 11) is -0.687. The Morgan fingerprint density at radius 2 is 1.35 bits per heavy atom. The number of nitrogen functional groups attached to an aromatic ring is 1. The quantitative estimate of drug-likeness (QED) is 0.122. The fourth-order valence-electron chi connectivity index (χ4n) is 4.30. The fraction of sp³-hybridized carbons (Fsp3) is 0.517. The van der Waals surface area contributed by atoms with Crippen molar-refractivity contribution in [1.82, 2.24) is 4.90 Å². The number of anilines is 1. The van der Waals surface area contributed by atoms with Crippen LogP contribution in [-0.2, 0) is 33.5 Å². The lowest BCUT2D eigenvalue weighted by molar-refractivity contribution is -0.00983. The van der Waals surface area contributed by atoms with E-state index >= 15 is 0 Å². The average Bonchev–Trinajstić information content (AvgIpc) is 3.22. The second kappa shape index (κ2) is 17.1. The zero-order valence-corrected chi connectivity index (χ0v) is 25.6. The molecule has 0 aromatic heterocycles. The van der Waals surface area contributed by atoms with Gasteiger partial charge in [-0.2, -0.15) is 0 Å². The molecule has 0 bridgehead atoms. The van der Waals surface area contributed by atoms with E-state index in [9.17, 15) is 18.0 Å². The van der Waals surface area contributed by atoms with E-state index in [4.69, 9.17) is 38.9 Å². The molecule has 1 atom stereocenters. The molecule has 0 spiro atoms. The normalized spacial score (nSPS) is 13.8. The van der Waals surface area contributed by atoms with E-state index < -0.39 is 26.9 Å². The van der Waals surface area contributed by atoms with Crippen molar-refractivity contribution in [3.05, 3.63) is 53.1 Å². The maximum atomic E-state index is 13.0. The molecule has 2 aromatic carbocycles. The third-order valence-electron chi connectivity index (χ3n) is 6.49. The van der Waals surface area contributed by atoms with Gasteiger partial charge in [-0.05, 0) is 29.8 Å². The van der Waals surface area contributed by atoms with Crippen LogP contribution in [0.3, 0.4) is 0 Å². The Bertz CT molecular complexity index is 1320. The van der Waals surface area contributed by atoms with Gasteiger partial charge in [-0.1, -0.05) is 12.1 Å². The highest BCUT2D eigenvalue weighted by Gasteiger charge is 2.40. The fourth-order valence-corrected chi connectivity index (χ4v) is 5.36. The summed E-state index contributed by atoms with van der Waals surface area (Å²) in [5.41, 5.74) is 6.64. The van der Waals surface area contributed by atoms with Crippen molar-refractivity contribution in [3.63, 3.8) is 0 Å². The number of carbonyl (C=O) groups excluding carboxylic acids is 2. The predicted octanol–water partition coefficient (Wildman–Crippen LogP) is 1.75. The van der Waals surface area contributed by atoms with Crippen LogP contribution in [-0.4, -0.2) is 118 Å². The van der Waals surface area contributed by atoms with E-state index in [0.717, 1.165) is 11.2 Å². The molecule has 0 saturated carbocycles. The molecule has 0 radical (unpaired) electrons. The number of hydrogen-bond donors (Lipinski definition) is 1. The second-order valence-corrected chi connectivity index (χ2v) is 11.7. The van der Waals surface area contributed by atoms with Crippen LogP contribution < -0.4 is 15.2 Å². The molecule has 43 heavy (non-hydrogen) atoms. The molecular weight excluding hydrogens is 584 g/mol. The maximum absolute atomic E-state index is 13.0. The first-order valence-electron chi connectivity index (χ1n) is 13.7. The number of nitrogens with two attached hydrogens (primary N) is 1. The van der Waals surface area contributed by atoms with Gasteiger partial charge in [-0.15, -0.1) is 0 Å². The van der Waals surface area contributed by atoms with E-state index in [1.54, 1.807) is 25.3 Å². The Morgan fingerprint density at radius 1 is 0.767 bits per heavy atom. The Morgan fingerprint density at radius 3 is 1.88 bits per heavy atom. The van der Waals surface area contributed by atoms with E-state index in [1.807, 2.05) is 0 Å². The molecule has 1 unspecified atom stereocenters. The van der Waals surface area contributed by atoms with E-state index in [-0.39, 0.29) is 36.6 Å². The summed E-state index contributed by atoms with van der Waals surface area (Å²) in [5.74, 6) is -0.544. The number of methoxy groups -OCH3 is 2. The first-order chi connectivity index (χ1) is 20.7. The van der Waals surface area contributed by atoms with Crippen LogP contribution in [0.15, 0.2) is 36.4 Å². The standard InChI is InChI=1S/C29H40N2O11S/c1-36-9-10-38-11-12-39-13-14-40-15-16-41-17-18-42-25-19-21(7-8-24(25)37-2)26(43(3,34)35)20-31-28(32)22-5-4-6-23(30)27(22)29(31)33/h4-8,19,26H,9-18,20,30H2,1-3H3. The monoisotopic (exact) mass is 624 g/mol. The summed E-state index contributed by atoms with van der Waals surface area (Å²) >= 11 is 0. The van der Waals surface area contributed by atoms with Gasteiger partial charge in [0.25, 0.3) is 11.8 Å². The SMILES string of the molecule is COCCOCCOCCOCCOCCOc1cc(C(CN2C(=O)c3cccc(N)c3C2=O)S(C)(=O)=O)ccc1OC. The topological polar surface area (TPSA) is 162 Å². The highest BCUT2D eigenvalue weighted by atomic mass is 32.2. The molecule has 2 N–H and O–H groups in total. The van der Waals surface area contributed by atoms with Crippen molar-refractivity contribution in [2.24, 2.45) is 0 Å². The molecule has 1 aliphatic rings. The van der Waals surface area contributed by atoms with Gasteiger partial charge in [-0.25, -0.2) is 8.42 Å². The molecule has 1 heterocycles. The van der Waals surface area contributed by atoms with Crippen molar-refractivity contribution < 1.29 is 51.2 Å². The zero-order valence-electron chi connectivity index (χ0n) is 24.7. The summed E-state index contributed by atoms with van der Waals surface area (Å²) < 4.78 is 63.5. The van der Waals surface area contributed by atoms with E-state index in [2.05, 4.69) is 0 Å². The molecule has 0 aliphatic carbocycles. The van der Waals surface area contributed by atoms with Crippen LogP contribution in [0.2, 0.25) is 0 Å². The van der Waals surface area contributed by atoms with Gasteiger partial charge in [0.15, 0.2) is 21.3 Å². The minimum absolute atomic E-state index is 0.0803. The number of rotatable bonds is 21. The van der Waals surface area contributed by atoms with E-state index in [0.29, 0.717) is 69.9 Å². The third-order valence-corrected chi connectivity index (χ3v) is 7.94. The Kier molecular flexibility index (Phi) is 13.6. The molecular formula is C29H40N2O11S. The predicted molar refractivity (Wildman–Crippen MR) is 157 cm³/mol. The van der Waals surface area contributed by atoms with Gasteiger partial charge in [-0.3, -0.25) is 14.5 Å². The van der Waals surface area contributed by atoms with Crippen LogP contribution in [0.1, 0.15) is 31.5 Å². The van der Waals surface area contributed by atoms with Crippen LogP contribution in [0.5, 0.6) is 11.5 Å². The number of imide groups is 1. The van der Waals surface area contributed by atoms with Gasteiger partial charge in [0, 0.05) is 19.1 Å². The van der Waals surface area contributed by atoms with Crippen molar-refractivity contribution >= 4 is 27.3 Å². The number of sulfone groups is 1. The number of nitrogens with zero attached hydrogens (tertiary/aromatic N) is 1. The summed E-state index contributed by atoms with van der Waals surface area (Å²) in [6.07, 6.45) is 1.05. The first-order valence-corrected chi connectivity index (χ1v) is 15.7. The average molecular weight is 625 g/mol. The summed E-state index contributed by atoms with van der Waals surface area (Å²) in [6, 6.07) is 9.25. The number of carbonyl (C=O) groups is 2. The van der Waals surface area contributed by atoms with Crippen LogP contribution >= 0.6 is 0 Å². The largest absolute Gasteiger partial charge is 0.493 e. The number of benzene rings is 2. The molecule has 238 valence electrons. The van der Waals surface area contributed by atoms with Gasteiger partial charge in [0.2, 0.25) is 0 Å². The molecule has 3 rings (SSSR count). The highest BCUT2D eigenvalue weighted by molar-refractivity contribution is 7.91. The summed E-state index contributed by atoms with van der Waals surface area (Å²) in [6.45, 7) is 3.69. The summed E-state index contributed by atoms with van der Waals surface area (Å²) in [4.78, 5) is 26.9. The van der Waals surface area contributed by atoms with Crippen molar-refractivity contribution in [2.75, 3.05) is 98.8 Å². The molecule has 13 nitrogen and oxygen atoms in total. The van der Waals surface area contributed by atoms with Crippen molar-refractivity contribution in [3.8, 4) is 11.5 Å². The molecule has 2 aromatic rings. The Balaban J connectivity index is 1.48. The van der Waals surface area contributed by atoms with Gasteiger partial charge in [0.1, 0.15) is 11.9 Å². The lowest BCUT2D eigenvalue weighted by Gasteiger charge is -2.23. The molecule has 1 aliphatic heterocycles. The number of amides is 2. The Labute approximate surface area is 252 Å². The third kappa shape index (κ3) is 9.88. The smallest absolute Gasteiger partial charge is 0.263 e. The number of fused-ring (bicyclic) bond motifs is 1. The van der Waals surface area contributed by atoms with Crippen LogP contribution in [0.25, 0.3) is 0 Å². The molecule has 0 fully saturated rings. The minimum Gasteiger partial charge on any atom is -0.493 e. The van der Waals surface area contributed by atoms with Gasteiger partial charge >= 0.3 is 0 Å². The van der Waals surface area contributed by atoms with Crippen LogP contribution in [0.4, 0.5) is 5.69 Å². The lowest BCUT2D eigenvalue weighted by atomic mass is 10.1. The number of ether oxygens (including phenoxy) is 7. The van der Waals surface area contributed by atoms with Gasteiger partial charge in [0.05, 0.1) is 84.2 Å². The lowest BCUT2D eigenvalue weighted by Crippen LogP contribution is -2.36. The molecule has 2 amide bonds. The van der Waals surface area contributed by atoms with Crippen molar-refractivity contribution in [2.45, 2.75) is 5.25 Å². The molecule has 14 heteroatoms. The maximum Gasteiger partial charge on any atom is 0.263 e. The van der Waals surface area contributed by atoms with Crippen LogP contribution in [0, 0.1) is 0 Å². The zero-order chi connectivity index (χ0) is 31.2. The Hall–Kier alpha value is -3.27. The summed E-state index contributed by atoms with van der Waals surface area (Å²) in [5, 5.41) is -1.20. The van der Waals surface area contributed by atoms with Crippen molar-refractivity contribution in [1.29, 1.82) is 0 Å². The second-order valence-electron chi connectivity index (χ2n) is 9.51. The van der Waals surface area contributed by atoms with E-state index in [1.165, 1.54) is 25.3 Å². The van der Waals surface area contributed by atoms with Gasteiger partial charge < -0.3 is 38.9 Å². The first kappa shape index (κ1) is 34.2.